The quantitative estimate of drug-likeness (QED) is 0.249. The van der Waals surface area contributed by atoms with E-state index in [9.17, 15) is 0 Å². The van der Waals surface area contributed by atoms with Gasteiger partial charge in [0.2, 0.25) is 0 Å². The first kappa shape index (κ1) is 14.2. The second-order valence-corrected chi connectivity index (χ2v) is 10.7. The van der Waals surface area contributed by atoms with Crippen molar-refractivity contribution in [1.82, 2.24) is 0 Å². The Morgan fingerprint density at radius 1 is 0.833 bits per heavy atom. The van der Waals surface area contributed by atoms with Crippen molar-refractivity contribution >= 4 is 67.8 Å². The van der Waals surface area contributed by atoms with Crippen LogP contribution in [0.4, 0.5) is 0 Å². The Morgan fingerprint density at radius 3 is 1.75 bits per heavy atom. The molecule has 1 unspecified atom stereocenters. The Bertz CT molecular complexity index is 79.8. The van der Waals surface area contributed by atoms with Gasteiger partial charge in [-0.25, -0.2) is 0 Å². The summed E-state index contributed by atoms with van der Waals surface area (Å²) in [5.74, 6) is 0. The van der Waals surface area contributed by atoms with Crippen molar-refractivity contribution < 1.29 is 0 Å². The van der Waals surface area contributed by atoms with Gasteiger partial charge >= 0.3 is 0 Å². The zero-order valence-electron chi connectivity index (χ0n) is 7.53. The van der Waals surface area contributed by atoms with E-state index in [1.165, 1.54) is 38.5 Å². The SMILES string of the molecule is CC(I)CCCCCCC(I)I. The van der Waals surface area contributed by atoms with Crippen LogP contribution in [-0.4, -0.2) is 5.86 Å². The molecule has 0 radical (unpaired) electrons. The summed E-state index contributed by atoms with van der Waals surface area (Å²) in [6.45, 7) is 2.30. The van der Waals surface area contributed by atoms with Crippen molar-refractivity contribution in [2.45, 2.75) is 51.3 Å². The third kappa shape index (κ3) is 12.2. The molecule has 0 rings (SSSR count). The molecule has 0 saturated heterocycles. The third-order valence-corrected chi connectivity index (χ3v) is 3.64. The lowest BCUT2D eigenvalue weighted by Crippen LogP contribution is -1.90. The van der Waals surface area contributed by atoms with Crippen LogP contribution < -0.4 is 0 Å². The number of alkyl halides is 3. The van der Waals surface area contributed by atoms with Gasteiger partial charge in [0.1, 0.15) is 0 Å². The Hall–Kier alpha value is 2.19. The van der Waals surface area contributed by atoms with E-state index in [4.69, 9.17) is 0 Å². The van der Waals surface area contributed by atoms with Crippen LogP contribution >= 0.6 is 67.8 Å². The summed E-state index contributed by atoms with van der Waals surface area (Å²) in [7, 11) is 0. The lowest BCUT2D eigenvalue weighted by molar-refractivity contribution is 0.612. The van der Waals surface area contributed by atoms with Gasteiger partial charge < -0.3 is 0 Å². The predicted octanol–water partition coefficient (Wildman–Crippen LogP) is 5.35. The van der Waals surface area contributed by atoms with E-state index in [1.807, 2.05) is 0 Å². The van der Waals surface area contributed by atoms with Gasteiger partial charge in [0.25, 0.3) is 0 Å². The normalized spacial score (nSPS) is 13.8. The Balaban J connectivity index is 2.91. The van der Waals surface area contributed by atoms with Crippen LogP contribution in [0.5, 0.6) is 0 Å². The molecular formula is C9H17I3. The molecule has 0 aliphatic heterocycles. The van der Waals surface area contributed by atoms with Gasteiger partial charge in [-0.3, -0.25) is 0 Å². The van der Waals surface area contributed by atoms with E-state index in [0.29, 0.717) is 0 Å². The van der Waals surface area contributed by atoms with Crippen molar-refractivity contribution in [1.29, 1.82) is 0 Å². The molecule has 0 aromatic heterocycles. The summed E-state index contributed by atoms with van der Waals surface area (Å²) in [6, 6.07) is 0. The minimum atomic E-state index is 0.837. The summed E-state index contributed by atoms with van der Waals surface area (Å²) in [4.78, 5) is 0. The number of halogens is 3. The summed E-state index contributed by atoms with van der Waals surface area (Å²) in [5, 5.41) is 0. The van der Waals surface area contributed by atoms with Crippen LogP contribution in [0.25, 0.3) is 0 Å². The predicted molar refractivity (Wildman–Crippen MR) is 83.0 cm³/mol. The van der Waals surface area contributed by atoms with Crippen molar-refractivity contribution in [2.24, 2.45) is 0 Å². The topological polar surface area (TPSA) is 0 Å². The number of hydrogen-bond donors (Lipinski definition) is 0. The van der Waals surface area contributed by atoms with Gasteiger partial charge in [-0.2, -0.15) is 0 Å². The second kappa shape index (κ2) is 9.73. The average molecular weight is 506 g/mol. The van der Waals surface area contributed by atoms with Crippen LogP contribution in [0, 0.1) is 0 Å². The van der Waals surface area contributed by atoms with E-state index < -0.39 is 0 Å². The second-order valence-electron chi connectivity index (χ2n) is 3.16. The minimum absolute atomic E-state index is 0.837. The van der Waals surface area contributed by atoms with Crippen LogP contribution in [0.3, 0.4) is 0 Å². The fourth-order valence-electron chi connectivity index (χ4n) is 1.08. The fourth-order valence-corrected chi connectivity index (χ4v) is 2.40. The van der Waals surface area contributed by atoms with Crippen molar-refractivity contribution in [3.05, 3.63) is 0 Å². The highest BCUT2D eigenvalue weighted by atomic mass is 127. The molecule has 0 saturated carbocycles. The van der Waals surface area contributed by atoms with Gasteiger partial charge in [-0.05, 0) is 12.8 Å². The van der Waals surface area contributed by atoms with Crippen LogP contribution in [0.1, 0.15) is 45.4 Å². The summed E-state index contributed by atoms with van der Waals surface area (Å²) in [5.41, 5.74) is 0. The summed E-state index contributed by atoms with van der Waals surface area (Å²) < 4.78 is 1.70. The van der Waals surface area contributed by atoms with E-state index in [2.05, 4.69) is 74.7 Å². The first-order chi connectivity index (χ1) is 5.63. The molecule has 0 aromatic carbocycles. The molecule has 0 bridgehead atoms. The monoisotopic (exact) mass is 506 g/mol. The lowest BCUT2D eigenvalue weighted by Gasteiger charge is -2.03. The van der Waals surface area contributed by atoms with Crippen molar-refractivity contribution in [2.75, 3.05) is 0 Å². The maximum Gasteiger partial charge on any atom is 0.0626 e. The van der Waals surface area contributed by atoms with E-state index in [1.54, 1.807) is 0 Å². The Labute approximate surface area is 117 Å². The van der Waals surface area contributed by atoms with Crippen LogP contribution in [0.2, 0.25) is 0 Å². The largest absolute Gasteiger partial charge is 0.0829 e. The zero-order chi connectivity index (χ0) is 9.40. The number of hydrogen-bond acceptors (Lipinski definition) is 0. The Kier molecular flexibility index (Phi) is 11.5. The molecule has 0 N–H and O–H groups in total. The summed E-state index contributed by atoms with van der Waals surface area (Å²) >= 11 is 7.51. The molecule has 0 aromatic rings. The Morgan fingerprint density at radius 2 is 1.33 bits per heavy atom. The molecule has 0 nitrogen and oxygen atoms in total. The molecular weight excluding hydrogens is 489 g/mol. The van der Waals surface area contributed by atoms with Gasteiger partial charge in [0.05, 0.1) is 1.93 Å². The molecule has 0 fully saturated rings. The van der Waals surface area contributed by atoms with Gasteiger partial charge in [-0.1, -0.05) is 100 Å². The average Bonchev–Trinajstić information content (AvgIpc) is 1.95. The smallest absolute Gasteiger partial charge is 0.0626 e. The van der Waals surface area contributed by atoms with Gasteiger partial charge in [0.15, 0.2) is 0 Å². The third-order valence-electron chi connectivity index (χ3n) is 1.77. The summed E-state index contributed by atoms with van der Waals surface area (Å²) in [6.07, 6.45) is 8.52. The first-order valence-corrected chi connectivity index (χ1v) is 8.29. The molecule has 12 heavy (non-hydrogen) atoms. The molecule has 74 valence electrons. The highest BCUT2D eigenvalue weighted by Gasteiger charge is 1.98. The molecule has 0 heterocycles. The van der Waals surface area contributed by atoms with Gasteiger partial charge in [-0.15, -0.1) is 0 Å². The maximum atomic E-state index is 2.51. The van der Waals surface area contributed by atoms with Crippen LogP contribution in [-0.2, 0) is 0 Å². The maximum absolute atomic E-state index is 2.51. The molecule has 0 amide bonds. The molecule has 3 heteroatoms. The number of rotatable bonds is 7. The van der Waals surface area contributed by atoms with Crippen molar-refractivity contribution in [3.63, 3.8) is 0 Å². The minimum Gasteiger partial charge on any atom is -0.0829 e. The number of unbranched alkanes of at least 4 members (excludes halogenated alkanes) is 3. The first-order valence-electron chi connectivity index (χ1n) is 4.55. The fraction of sp³-hybridized carbons (Fsp3) is 1.00. The highest BCUT2D eigenvalue weighted by molar-refractivity contribution is 14.2. The standard InChI is InChI=1S/C9H17I3/c1-8(10)6-4-2-3-5-7-9(11)12/h8-9H,2-7H2,1H3. The molecule has 1 atom stereocenters. The zero-order valence-corrected chi connectivity index (χ0v) is 14.0. The molecule has 0 aliphatic rings. The molecule has 0 aliphatic carbocycles. The van der Waals surface area contributed by atoms with Crippen LogP contribution in [0.15, 0.2) is 0 Å². The molecule has 0 spiro atoms. The van der Waals surface area contributed by atoms with E-state index in [0.717, 1.165) is 5.86 Å². The lowest BCUT2D eigenvalue weighted by atomic mass is 10.1. The van der Waals surface area contributed by atoms with Crippen molar-refractivity contribution in [3.8, 4) is 0 Å². The van der Waals surface area contributed by atoms with Gasteiger partial charge in [0, 0.05) is 3.92 Å². The van der Waals surface area contributed by atoms with E-state index >= 15 is 0 Å². The van der Waals surface area contributed by atoms with E-state index in [-0.39, 0.29) is 0 Å². The highest BCUT2D eigenvalue weighted by Crippen LogP contribution is 2.19.